The lowest BCUT2D eigenvalue weighted by Crippen LogP contribution is -2.27. The van der Waals surface area contributed by atoms with Gasteiger partial charge in [0, 0.05) is 0 Å². The van der Waals surface area contributed by atoms with Crippen LogP contribution >= 0.6 is 0 Å². The molecule has 4 heteroatoms. The summed E-state index contributed by atoms with van der Waals surface area (Å²) in [7, 11) is 4.02. The molecule has 0 aromatic heterocycles. The predicted octanol–water partition coefficient (Wildman–Crippen LogP) is 3.61. The Bertz CT molecular complexity index is 1090. The molecule has 0 spiro atoms. The highest BCUT2D eigenvalue weighted by molar-refractivity contribution is 6.68. The number of phenols is 2. The molecular formula is C30H30B2O2. The van der Waals surface area contributed by atoms with E-state index in [0.29, 0.717) is 17.4 Å². The van der Waals surface area contributed by atoms with Crippen LogP contribution in [0.3, 0.4) is 0 Å². The molecule has 0 aliphatic rings. The Morgan fingerprint density at radius 1 is 0.588 bits per heavy atom. The van der Waals surface area contributed by atoms with E-state index in [1.807, 2.05) is 51.0 Å². The van der Waals surface area contributed by atoms with Crippen LogP contribution in [0.25, 0.3) is 0 Å². The number of rotatable bonds is 10. The number of phenolic OH excluding ortho intramolecular Hbond substituents is 2. The Morgan fingerprint density at radius 2 is 1.00 bits per heavy atom. The molecule has 2 radical (unpaired) electrons. The van der Waals surface area contributed by atoms with E-state index >= 15 is 0 Å². The monoisotopic (exact) mass is 444 g/mol. The summed E-state index contributed by atoms with van der Waals surface area (Å²) in [5.41, 5.74) is 6.54. The maximum atomic E-state index is 10.0. The van der Waals surface area contributed by atoms with E-state index in [9.17, 15) is 10.2 Å². The molecule has 0 atom stereocenters. The van der Waals surface area contributed by atoms with Gasteiger partial charge in [-0.2, -0.15) is 0 Å². The largest absolute Gasteiger partial charge is 0.509 e. The fraction of sp³-hybridized carbons (Fsp3) is 0.200. The Morgan fingerprint density at radius 3 is 1.38 bits per heavy atom. The van der Waals surface area contributed by atoms with E-state index in [1.165, 1.54) is 24.0 Å². The second kappa shape index (κ2) is 11.7. The lowest BCUT2D eigenvalue weighted by molar-refractivity contribution is 0.474. The van der Waals surface area contributed by atoms with Gasteiger partial charge in [0.15, 0.2) is 14.6 Å². The van der Waals surface area contributed by atoms with Crippen LogP contribution in [-0.4, -0.2) is 24.8 Å². The second-order valence-corrected chi connectivity index (χ2v) is 8.95. The van der Waals surface area contributed by atoms with E-state index in [1.54, 1.807) is 12.1 Å². The van der Waals surface area contributed by atoms with E-state index in [-0.39, 0.29) is 0 Å². The van der Waals surface area contributed by atoms with Gasteiger partial charge in [0.2, 0.25) is 0 Å². The van der Waals surface area contributed by atoms with Crippen molar-refractivity contribution >= 4 is 36.4 Å². The quantitative estimate of drug-likeness (QED) is 0.367. The molecule has 0 saturated carbocycles. The summed E-state index contributed by atoms with van der Waals surface area (Å²) in [5.74, 6) is 1.20. The van der Waals surface area contributed by atoms with Crippen LogP contribution in [0.4, 0.5) is 0 Å². The lowest BCUT2D eigenvalue weighted by Gasteiger charge is -2.17. The van der Waals surface area contributed by atoms with Crippen LogP contribution in [-0.2, 0) is 12.8 Å². The van der Waals surface area contributed by atoms with E-state index in [0.717, 1.165) is 34.7 Å². The summed E-state index contributed by atoms with van der Waals surface area (Å²) in [6, 6.07) is 32.2. The average Bonchev–Trinajstić information content (AvgIpc) is 2.84. The molecule has 0 aliphatic carbocycles. The van der Waals surface area contributed by atoms with Crippen molar-refractivity contribution in [2.24, 2.45) is 5.92 Å². The van der Waals surface area contributed by atoms with E-state index < -0.39 is 0 Å². The van der Waals surface area contributed by atoms with Gasteiger partial charge in [0.1, 0.15) is 11.5 Å². The van der Waals surface area contributed by atoms with Crippen molar-refractivity contribution in [1.82, 2.24) is 0 Å². The minimum atomic E-state index is 0.304. The van der Waals surface area contributed by atoms with Crippen LogP contribution in [0, 0.1) is 5.92 Å². The van der Waals surface area contributed by atoms with Crippen LogP contribution in [0.15, 0.2) is 97.1 Å². The number of benzene rings is 4. The first kappa shape index (κ1) is 23.8. The first-order valence-electron chi connectivity index (χ1n) is 12.0. The highest BCUT2D eigenvalue weighted by atomic mass is 16.3. The molecular weight excluding hydrogens is 414 g/mol. The Hall–Kier alpha value is -3.39. The molecule has 4 aromatic rings. The highest BCUT2D eigenvalue weighted by Crippen LogP contribution is 2.19. The van der Waals surface area contributed by atoms with Crippen molar-refractivity contribution in [3.8, 4) is 11.5 Å². The Kier molecular flexibility index (Phi) is 8.14. The van der Waals surface area contributed by atoms with Crippen molar-refractivity contribution in [2.75, 3.05) is 0 Å². The molecule has 0 saturated heterocycles. The summed E-state index contributed by atoms with van der Waals surface area (Å²) in [5, 5.41) is 20.0. The SMILES string of the molecule is CCCC(Cc1ccc([B]c2ccccc2O)cc1)Cc1ccc([B]c2ccccc2O)cc1. The summed E-state index contributed by atoms with van der Waals surface area (Å²) >= 11 is 0. The molecule has 4 rings (SSSR count). The van der Waals surface area contributed by atoms with E-state index in [2.05, 4.69) is 55.5 Å². The van der Waals surface area contributed by atoms with Gasteiger partial charge in [-0.15, -0.1) is 0 Å². The van der Waals surface area contributed by atoms with Gasteiger partial charge in [-0.1, -0.05) is 116 Å². The molecule has 0 unspecified atom stereocenters. The number of aromatic hydroxyl groups is 2. The van der Waals surface area contributed by atoms with Gasteiger partial charge in [-0.25, -0.2) is 0 Å². The number of para-hydroxylation sites is 2. The van der Waals surface area contributed by atoms with Gasteiger partial charge in [-0.05, 0) is 52.9 Å². The van der Waals surface area contributed by atoms with Crippen LogP contribution in [0.1, 0.15) is 30.9 Å². The molecule has 0 aliphatic heterocycles. The Balaban J connectivity index is 1.36. The molecule has 4 aromatic carbocycles. The zero-order chi connectivity index (χ0) is 23.8. The molecule has 2 N–H and O–H groups in total. The van der Waals surface area contributed by atoms with Crippen molar-refractivity contribution < 1.29 is 10.2 Å². The smallest absolute Gasteiger partial charge is 0.196 e. The summed E-state index contributed by atoms with van der Waals surface area (Å²) in [4.78, 5) is 0. The average molecular weight is 444 g/mol. The topological polar surface area (TPSA) is 40.5 Å². The maximum Gasteiger partial charge on any atom is 0.196 e. The zero-order valence-electron chi connectivity index (χ0n) is 19.7. The third kappa shape index (κ3) is 6.57. The first-order valence-corrected chi connectivity index (χ1v) is 12.0. The normalized spacial score (nSPS) is 10.9. The van der Waals surface area contributed by atoms with Crippen molar-refractivity contribution in [3.05, 3.63) is 108 Å². The van der Waals surface area contributed by atoms with Gasteiger partial charge in [0.25, 0.3) is 0 Å². The molecule has 2 nitrogen and oxygen atoms in total. The molecule has 34 heavy (non-hydrogen) atoms. The molecule has 0 fully saturated rings. The minimum Gasteiger partial charge on any atom is -0.509 e. The highest BCUT2D eigenvalue weighted by Gasteiger charge is 2.12. The fourth-order valence-electron chi connectivity index (χ4n) is 4.43. The zero-order valence-corrected chi connectivity index (χ0v) is 19.7. The van der Waals surface area contributed by atoms with Crippen molar-refractivity contribution in [3.63, 3.8) is 0 Å². The first-order chi connectivity index (χ1) is 16.6. The summed E-state index contributed by atoms with van der Waals surface area (Å²) in [6.45, 7) is 2.25. The van der Waals surface area contributed by atoms with E-state index in [4.69, 9.17) is 0 Å². The lowest BCUT2D eigenvalue weighted by atomic mass is 9.63. The number of hydrogen-bond donors (Lipinski definition) is 2. The molecule has 168 valence electrons. The summed E-state index contributed by atoms with van der Waals surface area (Å²) in [6.07, 6.45) is 4.47. The molecule has 0 bridgehead atoms. The number of hydrogen-bond acceptors (Lipinski definition) is 2. The second-order valence-electron chi connectivity index (χ2n) is 8.95. The van der Waals surface area contributed by atoms with Crippen LogP contribution < -0.4 is 21.9 Å². The van der Waals surface area contributed by atoms with Gasteiger partial charge >= 0.3 is 0 Å². The van der Waals surface area contributed by atoms with Crippen LogP contribution in [0.5, 0.6) is 11.5 Å². The molecule has 0 heterocycles. The third-order valence-corrected chi connectivity index (χ3v) is 6.22. The standard InChI is InChI=1S/C30H30B2O2/c1-2-7-24(20-22-12-16-25(17-13-22)31-27-8-3-5-10-29(27)33)21-23-14-18-26(19-15-23)32-28-9-4-6-11-30(28)34/h3-6,8-19,24,33-34H,2,7,20-21H2,1H3. The Labute approximate surface area is 204 Å². The maximum absolute atomic E-state index is 10.0. The van der Waals surface area contributed by atoms with Gasteiger partial charge in [0.05, 0.1) is 0 Å². The van der Waals surface area contributed by atoms with Crippen molar-refractivity contribution in [2.45, 2.75) is 32.6 Å². The predicted molar refractivity (Wildman–Crippen MR) is 145 cm³/mol. The fourth-order valence-corrected chi connectivity index (χ4v) is 4.43. The van der Waals surface area contributed by atoms with Crippen molar-refractivity contribution in [1.29, 1.82) is 0 Å². The third-order valence-electron chi connectivity index (χ3n) is 6.22. The van der Waals surface area contributed by atoms with Gasteiger partial charge < -0.3 is 10.2 Å². The molecule has 0 amide bonds. The van der Waals surface area contributed by atoms with Crippen LogP contribution in [0.2, 0.25) is 0 Å². The minimum absolute atomic E-state index is 0.304. The van der Waals surface area contributed by atoms with Gasteiger partial charge in [-0.3, -0.25) is 0 Å². The summed E-state index contributed by atoms with van der Waals surface area (Å²) < 4.78 is 0.